The topological polar surface area (TPSA) is 57.8 Å². The number of benzene rings is 1. The van der Waals surface area contributed by atoms with Crippen molar-refractivity contribution in [3.05, 3.63) is 64.7 Å². The number of carbonyl (C=O) groups excluding carboxylic acids is 1. The van der Waals surface area contributed by atoms with Crippen LogP contribution < -0.4 is 5.32 Å². The molecule has 2 aromatic heterocycles. The minimum atomic E-state index is -4.40. The number of hydrogen-bond acceptors (Lipinski definition) is 3. The van der Waals surface area contributed by atoms with Gasteiger partial charge < -0.3 is 5.32 Å². The zero-order valence-electron chi connectivity index (χ0n) is 12.2. The molecule has 1 amide bonds. The van der Waals surface area contributed by atoms with E-state index in [1.165, 1.54) is 23.5 Å². The summed E-state index contributed by atoms with van der Waals surface area (Å²) >= 11 is 1.51. The van der Waals surface area contributed by atoms with Gasteiger partial charge in [0.2, 0.25) is 0 Å². The fourth-order valence-corrected chi connectivity index (χ4v) is 2.82. The fraction of sp³-hybridized carbons (Fsp3) is 0.125. The summed E-state index contributed by atoms with van der Waals surface area (Å²) in [6.07, 6.45) is -4.40. The molecule has 3 aromatic rings. The SMILES string of the molecule is O=C(NCc1cccc(C(F)(F)F)c1)c1cc(-c2cccs2)[nH]n1. The van der Waals surface area contributed by atoms with E-state index in [1.54, 1.807) is 6.07 Å². The Labute approximate surface area is 139 Å². The third-order valence-electron chi connectivity index (χ3n) is 3.30. The smallest absolute Gasteiger partial charge is 0.347 e. The third-order valence-corrected chi connectivity index (χ3v) is 4.21. The molecular formula is C16H12F3N3OS. The zero-order valence-corrected chi connectivity index (χ0v) is 13.0. The summed E-state index contributed by atoms with van der Waals surface area (Å²) < 4.78 is 38.0. The maximum Gasteiger partial charge on any atom is 0.416 e. The lowest BCUT2D eigenvalue weighted by molar-refractivity contribution is -0.137. The number of halogens is 3. The molecule has 0 radical (unpaired) electrons. The normalized spacial score (nSPS) is 11.5. The number of alkyl halides is 3. The molecule has 2 N–H and O–H groups in total. The molecule has 3 rings (SSSR count). The number of aromatic amines is 1. The summed E-state index contributed by atoms with van der Waals surface area (Å²) in [5.74, 6) is -0.452. The number of thiophene rings is 1. The van der Waals surface area contributed by atoms with Gasteiger partial charge in [0.15, 0.2) is 5.69 Å². The van der Waals surface area contributed by atoms with Crippen LogP contribution in [0, 0.1) is 0 Å². The van der Waals surface area contributed by atoms with Crippen molar-refractivity contribution in [3.8, 4) is 10.6 Å². The van der Waals surface area contributed by atoms with E-state index in [4.69, 9.17) is 0 Å². The van der Waals surface area contributed by atoms with E-state index in [1.807, 2.05) is 17.5 Å². The van der Waals surface area contributed by atoms with Gasteiger partial charge in [-0.25, -0.2) is 0 Å². The Hall–Kier alpha value is -2.61. The molecule has 0 saturated heterocycles. The molecule has 124 valence electrons. The monoisotopic (exact) mass is 351 g/mol. The van der Waals surface area contributed by atoms with Crippen molar-refractivity contribution in [2.75, 3.05) is 0 Å². The van der Waals surface area contributed by atoms with Gasteiger partial charge in [0.05, 0.1) is 16.1 Å². The van der Waals surface area contributed by atoms with Crippen molar-refractivity contribution < 1.29 is 18.0 Å². The van der Waals surface area contributed by atoms with Crippen molar-refractivity contribution >= 4 is 17.2 Å². The number of hydrogen-bond donors (Lipinski definition) is 2. The summed E-state index contributed by atoms with van der Waals surface area (Å²) in [4.78, 5) is 13.0. The standard InChI is InChI=1S/C16H12F3N3OS/c17-16(18,19)11-4-1-3-10(7-11)9-20-15(23)13-8-12(21-22-13)14-5-2-6-24-14/h1-8H,9H2,(H,20,23)(H,21,22). The van der Waals surface area contributed by atoms with E-state index in [2.05, 4.69) is 15.5 Å². The summed E-state index contributed by atoms with van der Waals surface area (Å²) in [7, 11) is 0. The molecule has 24 heavy (non-hydrogen) atoms. The molecule has 0 aliphatic carbocycles. The van der Waals surface area contributed by atoms with Crippen molar-refractivity contribution in [2.45, 2.75) is 12.7 Å². The Kier molecular flexibility index (Phi) is 4.39. The summed E-state index contributed by atoms with van der Waals surface area (Å²) in [6, 6.07) is 10.2. The lowest BCUT2D eigenvalue weighted by Crippen LogP contribution is -2.23. The molecule has 0 aliphatic heterocycles. The Bertz CT molecular complexity index is 840. The van der Waals surface area contributed by atoms with E-state index in [-0.39, 0.29) is 12.2 Å². The number of aromatic nitrogens is 2. The van der Waals surface area contributed by atoms with Crippen LogP contribution in [-0.2, 0) is 12.7 Å². The molecular weight excluding hydrogens is 339 g/mol. The van der Waals surface area contributed by atoms with Gasteiger partial charge in [-0.15, -0.1) is 11.3 Å². The van der Waals surface area contributed by atoms with Gasteiger partial charge in [-0.1, -0.05) is 18.2 Å². The van der Waals surface area contributed by atoms with Crippen LogP contribution in [-0.4, -0.2) is 16.1 Å². The van der Waals surface area contributed by atoms with E-state index in [0.717, 1.165) is 17.0 Å². The lowest BCUT2D eigenvalue weighted by atomic mass is 10.1. The number of H-pyrrole nitrogens is 1. The van der Waals surface area contributed by atoms with Crippen LogP contribution in [0.2, 0.25) is 0 Å². The molecule has 0 spiro atoms. The summed E-state index contributed by atoms with van der Waals surface area (Å²) in [5.41, 5.74) is 0.529. The molecule has 8 heteroatoms. The highest BCUT2D eigenvalue weighted by atomic mass is 32.1. The molecule has 0 atom stereocenters. The molecule has 0 saturated carbocycles. The first-order valence-electron chi connectivity index (χ1n) is 6.97. The predicted octanol–water partition coefficient (Wildman–Crippen LogP) is 4.09. The first-order valence-corrected chi connectivity index (χ1v) is 7.85. The average molecular weight is 351 g/mol. The van der Waals surface area contributed by atoms with E-state index >= 15 is 0 Å². The quantitative estimate of drug-likeness (QED) is 0.744. The fourth-order valence-electron chi connectivity index (χ4n) is 2.13. The Morgan fingerprint density at radius 1 is 1.21 bits per heavy atom. The van der Waals surface area contributed by atoms with Crippen molar-refractivity contribution in [3.63, 3.8) is 0 Å². The number of rotatable bonds is 4. The number of carbonyl (C=O) groups is 1. The Morgan fingerprint density at radius 3 is 2.75 bits per heavy atom. The van der Waals surface area contributed by atoms with Gasteiger partial charge in [0.25, 0.3) is 5.91 Å². The molecule has 2 heterocycles. The number of amides is 1. The summed E-state index contributed by atoms with van der Waals surface area (Å²) in [5, 5.41) is 11.2. The van der Waals surface area contributed by atoms with Gasteiger partial charge >= 0.3 is 6.18 Å². The molecule has 1 aromatic carbocycles. The van der Waals surface area contributed by atoms with Crippen molar-refractivity contribution in [1.29, 1.82) is 0 Å². The molecule has 0 aliphatic rings. The second-order valence-electron chi connectivity index (χ2n) is 5.02. The highest BCUT2D eigenvalue weighted by molar-refractivity contribution is 7.13. The summed E-state index contributed by atoms with van der Waals surface area (Å²) in [6.45, 7) is -0.00997. The largest absolute Gasteiger partial charge is 0.416 e. The van der Waals surface area contributed by atoms with Crippen LogP contribution in [0.5, 0.6) is 0 Å². The van der Waals surface area contributed by atoms with Crippen molar-refractivity contribution in [2.24, 2.45) is 0 Å². The van der Waals surface area contributed by atoms with Gasteiger partial charge in [-0.3, -0.25) is 9.89 Å². The second-order valence-corrected chi connectivity index (χ2v) is 5.97. The Balaban J connectivity index is 1.66. The van der Waals surface area contributed by atoms with Gasteiger partial charge in [0.1, 0.15) is 0 Å². The van der Waals surface area contributed by atoms with Crippen LogP contribution in [0.4, 0.5) is 13.2 Å². The van der Waals surface area contributed by atoms with E-state index < -0.39 is 17.6 Å². The van der Waals surface area contributed by atoms with Crippen LogP contribution in [0.25, 0.3) is 10.6 Å². The zero-order chi connectivity index (χ0) is 17.2. The first-order chi connectivity index (χ1) is 11.4. The van der Waals surface area contributed by atoms with Crippen LogP contribution in [0.1, 0.15) is 21.6 Å². The number of nitrogens with one attached hydrogen (secondary N) is 2. The lowest BCUT2D eigenvalue weighted by Gasteiger charge is -2.09. The highest BCUT2D eigenvalue weighted by Gasteiger charge is 2.30. The molecule has 4 nitrogen and oxygen atoms in total. The van der Waals surface area contributed by atoms with Crippen LogP contribution >= 0.6 is 11.3 Å². The van der Waals surface area contributed by atoms with E-state index in [0.29, 0.717) is 11.3 Å². The molecule has 0 unspecified atom stereocenters. The first kappa shape index (κ1) is 16.3. The number of nitrogens with zero attached hydrogens (tertiary/aromatic N) is 1. The minimum absolute atomic E-state index is 0.00997. The predicted molar refractivity (Wildman–Crippen MR) is 84.5 cm³/mol. The highest BCUT2D eigenvalue weighted by Crippen LogP contribution is 2.29. The maximum atomic E-state index is 12.7. The third kappa shape index (κ3) is 3.65. The van der Waals surface area contributed by atoms with Crippen molar-refractivity contribution in [1.82, 2.24) is 15.5 Å². The van der Waals surface area contributed by atoms with Gasteiger partial charge in [0, 0.05) is 6.54 Å². The Morgan fingerprint density at radius 2 is 2.04 bits per heavy atom. The van der Waals surface area contributed by atoms with Gasteiger partial charge in [-0.2, -0.15) is 18.3 Å². The van der Waals surface area contributed by atoms with E-state index in [9.17, 15) is 18.0 Å². The van der Waals surface area contributed by atoms with Crippen LogP contribution in [0.3, 0.4) is 0 Å². The second kappa shape index (κ2) is 6.48. The maximum absolute atomic E-state index is 12.7. The van der Waals surface area contributed by atoms with Gasteiger partial charge in [-0.05, 0) is 35.2 Å². The average Bonchev–Trinajstić information content (AvgIpc) is 3.22. The van der Waals surface area contributed by atoms with Crippen LogP contribution in [0.15, 0.2) is 47.8 Å². The molecule has 0 bridgehead atoms. The molecule has 0 fully saturated rings. The minimum Gasteiger partial charge on any atom is -0.347 e.